The molecule has 116 valence electrons. The van der Waals surface area contributed by atoms with Crippen LogP contribution >= 0.6 is 0 Å². The smallest absolute Gasteiger partial charge is 0.312 e. The van der Waals surface area contributed by atoms with Crippen LogP contribution in [0, 0.1) is 17.3 Å². The van der Waals surface area contributed by atoms with Gasteiger partial charge in [-0.2, -0.15) is 0 Å². The summed E-state index contributed by atoms with van der Waals surface area (Å²) in [5, 5.41) is 0. The van der Waals surface area contributed by atoms with E-state index in [9.17, 15) is 4.79 Å². The maximum absolute atomic E-state index is 12.6. The van der Waals surface area contributed by atoms with Gasteiger partial charge in [-0.25, -0.2) is 0 Å². The SMILES string of the molecule is C=CCOC(=O)C1(C)CCC2OC2C1C1CCC2OC2C1. The summed E-state index contributed by atoms with van der Waals surface area (Å²) < 4.78 is 17.0. The number of hydrogen-bond acceptors (Lipinski definition) is 4. The van der Waals surface area contributed by atoms with Gasteiger partial charge >= 0.3 is 5.97 Å². The average molecular weight is 292 g/mol. The first-order valence-corrected chi connectivity index (χ1v) is 8.22. The molecular weight excluding hydrogens is 268 g/mol. The number of fused-ring (bicyclic) bond motifs is 2. The van der Waals surface area contributed by atoms with Crippen LogP contribution < -0.4 is 0 Å². The molecule has 7 unspecified atom stereocenters. The van der Waals surface area contributed by atoms with Crippen LogP contribution in [0.15, 0.2) is 12.7 Å². The van der Waals surface area contributed by atoms with Crippen LogP contribution in [0.4, 0.5) is 0 Å². The summed E-state index contributed by atoms with van der Waals surface area (Å²) in [6, 6.07) is 0. The molecular formula is C17H24O4. The molecule has 0 aromatic carbocycles. The van der Waals surface area contributed by atoms with Crippen molar-refractivity contribution in [2.24, 2.45) is 17.3 Å². The number of ether oxygens (including phenoxy) is 3. The Morgan fingerprint density at radius 2 is 2.14 bits per heavy atom. The molecule has 2 saturated carbocycles. The molecule has 2 saturated heterocycles. The lowest BCUT2D eigenvalue weighted by Gasteiger charge is -2.42. The summed E-state index contributed by atoms with van der Waals surface area (Å²) in [5.74, 6) is 0.754. The Morgan fingerprint density at radius 1 is 1.29 bits per heavy atom. The summed E-state index contributed by atoms with van der Waals surface area (Å²) in [4.78, 5) is 12.6. The lowest BCUT2D eigenvalue weighted by molar-refractivity contribution is -0.161. The van der Waals surface area contributed by atoms with Crippen LogP contribution in [-0.2, 0) is 19.0 Å². The van der Waals surface area contributed by atoms with Crippen LogP contribution in [0.5, 0.6) is 0 Å². The molecule has 2 aliphatic carbocycles. The second-order valence-electron chi connectivity index (χ2n) is 7.29. The third kappa shape index (κ3) is 2.23. The van der Waals surface area contributed by atoms with Crippen molar-refractivity contribution in [3.8, 4) is 0 Å². The Labute approximate surface area is 125 Å². The molecule has 2 heterocycles. The summed E-state index contributed by atoms with van der Waals surface area (Å²) in [7, 11) is 0. The molecule has 4 aliphatic rings. The Bertz CT molecular complexity index is 462. The largest absolute Gasteiger partial charge is 0.461 e. The molecule has 2 aliphatic heterocycles. The van der Waals surface area contributed by atoms with Crippen molar-refractivity contribution in [1.29, 1.82) is 0 Å². The fourth-order valence-corrected chi connectivity index (χ4v) is 4.76. The van der Waals surface area contributed by atoms with Crippen molar-refractivity contribution in [3.63, 3.8) is 0 Å². The first-order chi connectivity index (χ1) is 10.1. The Hall–Kier alpha value is -0.870. The van der Waals surface area contributed by atoms with Gasteiger partial charge in [-0.15, -0.1) is 0 Å². The van der Waals surface area contributed by atoms with Crippen LogP contribution in [0.25, 0.3) is 0 Å². The molecule has 4 fully saturated rings. The number of carbonyl (C=O) groups excluding carboxylic acids is 1. The zero-order valence-electron chi connectivity index (χ0n) is 12.6. The van der Waals surface area contributed by atoms with Gasteiger partial charge < -0.3 is 14.2 Å². The lowest BCUT2D eigenvalue weighted by Crippen LogP contribution is -2.47. The maximum Gasteiger partial charge on any atom is 0.312 e. The highest BCUT2D eigenvalue weighted by atomic mass is 16.6. The minimum atomic E-state index is -0.410. The summed E-state index contributed by atoms with van der Waals surface area (Å²) in [6.45, 7) is 6.01. The molecule has 21 heavy (non-hydrogen) atoms. The van der Waals surface area contributed by atoms with Gasteiger partial charge in [0.1, 0.15) is 6.61 Å². The topological polar surface area (TPSA) is 51.4 Å². The quantitative estimate of drug-likeness (QED) is 0.454. The van der Waals surface area contributed by atoms with Gasteiger partial charge in [0.15, 0.2) is 0 Å². The molecule has 0 spiro atoms. The van der Waals surface area contributed by atoms with E-state index in [1.54, 1.807) is 6.08 Å². The van der Waals surface area contributed by atoms with Gasteiger partial charge in [0, 0.05) is 5.92 Å². The number of rotatable bonds is 4. The van der Waals surface area contributed by atoms with Gasteiger partial charge in [0.2, 0.25) is 0 Å². The van der Waals surface area contributed by atoms with E-state index in [2.05, 4.69) is 13.5 Å². The van der Waals surface area contributed by atoms with E-state index in [0.717, 1.165) is 32.1 Å². The fraction of sp³-hybridized carbons (Fsp3) is 0.824. The van der Waals surface area contributed by atoms with E-state index in [1.807, 2.05) is 0 Å². The van der Waals surface area contributed by atoms with Crippen LogP contribution in [0.3, 0.4) is 0 Å². The monoisotopic (exact) mass is 292 g/mol. The molecule has 0 aromatic heterocycles. The molecule has 0 bridgehead atoms. The van der Waals surface area contributed by atoms with Crippen molar-refractivity contribution in [2.45, 2.75) is 63.4 Å². The van der Waals surface area contributed by atoms with Crippen LogP contribution in [0.1, 0.15) is 39.0 Å². The molecule has 4 rings (SSSR count). The zero-order valence-corrected chi connectivity index (χ0v) is 12.6. The standard InChI is InChI=1S/C17H24O4/c1-3-8-19-16(18)17(2)7-6-12-15(21-12)14(17)10-4-5-11-13(9-10)20-11/h3,10-15H,1,4-9H2,2H3. The van der Waals surface area contributed by atoms with Crippen LogP contribution in [0.2, 0.25) is 0 Å². The third-order valence-electron chi connectivity index (χ3n) is 6.01. The van der Waals surface area contributed by atoms with Crippen molar-refractivity contribution in [3.05, 3.63) is 12.7 Å². The van der Waals surface area contributed by atoms with E-state index in [4.69, 9.17) is 14.2 Å². The molecule has 0 radical (unpaired) electrons. The van der Waals surface area contributed by atoms with E-state index >= 15 is 0 Å². The average Bonchev–Trinajstić information content (AvgIpc) is 3.36. The van der Waals surface area contributed by atoms with Crippen molar-refractivity contribution in [1.82, 2.24) is 0 Å². The van der Waals surface area contributed by atoms with Gasteiger partial charge in [-0.3, -0.25) is 4.79 Å². The van der Waals surface area contributed by atoms with Crippen LogP contribution in [-0.4, -0.2) is 37.0 Å². The normalized spacial score (nSPS) is 50.5. The highest BCUT2D eigenvalue weighted by Crippen LogP contribution is 2.57. The van der Waals surface area contributed by atoms with E-state index in [1.165, 1.54) is 0 Å². The maximum atomic E-state index is 12.6. The zero-order chi connectivity index (χ0) is 14.6. The summed E-state index contributed by atoms with van der Waals surface area (Å²) >= 11 is 0. The molecule has 4 heteroatoms. The molecule has 4 nitrogen and oxygen atoms in total. The minimum Gasteiger partial charge on any atom is -0.461 e. The second-order valence-corrected chi connectivity index (χ2v) is 7.29. The molecule has 0 amide bonds. The minimum absolute atomic E-state index is 0.0693. The second kappa shape index (κ2) is 4.82. The van der Waals surface area contributed by atoms with Gasteiger partial charge in [0.05, 0.1) is 29.8 Å². The van der Waals surface area contributed by atoms with E-state index < -0.39 is 5.41 Å². The molecule has 7 atom stereocenters. The Balaban J connectivity index is 1.54. The van der Waals surface area contributed by atoms with Gasteiger partial charge in [0.25, 0.3) is 0 Å². The summed E-state index contributed by atoms with van der Waals surface area (Å²) in [5.41, 5.74) is -0.410. The fourth-order valence-electron chi connectivity index (χ4n) is 4.76. The number of hydrogen-bond donors (Lipinski definition) is 0. The van der Waals surface area contributed by atoms with Crippen molar-refractivity contribution < 1.29 is 19.0 Å². The van der Waals surface area contributed by atoms with Crippen molar-refractivity contribution >= 4 is 5.97 Å². The van der Waals surface area contributed by atoms with Gasteiger partial charge in [-0.05, 0) is 44.9 Å². The number of esters is 1. The number of epoxide rings is 2. The van der Waals surface area contributed by atoms with Gasteiger partial charge in [-0.1, -0.05) is 12.7 Å². The number of carbonyl (C=O) groups is 1. The highest BCUT2D eigenvalue weighted by Gasteiger charge is 2.63. The predicted octanol–water partition coefficient (Wildman–Crippen LogP) is 2.47. The van der Waals surface area contributed by atoms with E-state index in [0.29, 0.717) is 36.8 Å². The van der Waals surface area contributed by atoms with E-state index in [-0.39, 0.29) is 12.1 Å². The Morgan fingerprint density at radius 3 is 2.90 bits per heavy atom. The first kappa shape index (κ1) is 13.8. The Kier molecular flexibility index (Phi) is 3.16. The molecule has 0 N–H and O–H groups in total. The summed E-state index contributed by atoms with van der Waals surface area (Å²) in [6.07, 6.45) is 8.47. The van der Waals surface area contributed by atoms with Crippen molar-refractivity contribution in [2.75, 3.05) is 6.61 Å². The highest BCUT2D eigenvalue weighted by molar-refractivity contribution is 5.77. The lowest BCUT2D eigenvalue weighted by atomic mass is 9.60. The first-order valence-electron chi connectivity index (χ1n) is 8.22. The predicted molar refractivity (Wildman–Crippen MR) is 76.7 cm³/mol. The molecule has 0 aromatic rings. The third-order valence-corrected chi connectivity index (χ3v) is 6.01.